The van der Waals surface area contributed by atoms with E-state index < -0.39 is 79.3 Å². The molecule has 14 nitrogen and oxygen atoms in total. The summed E-state index contributed by atoms with van der Waals surface area (Å²) in [6.07, 6.45) is 7.46. The number of aromatic hydroxyl groups is 5. The van der Waals surface area contributed by atoms with Crippen molar-refractivity contribution in [3.05, 3.63) is 113 Å². The third-order valence-corrected chi connectivity index (χ3v) is 16.1. The van der Waals surface area contributed by atoms with Crippen molar-refractivity contribution in [1.82, 2.24) is 4.90 Å². The van der Waals surface area contributed by atoms with E-state index in [2.05, 4.69) is 56.0 Å². The summed E-state index contributed by atoms with van der Waals surface area (Å²) in [6.45, 7) is 25.8. The molecule has 0 aromatic heterocycles. The van der Waals surface area contributed by atoms with E-state index in [1.165, 1.54) is 37.3 Å². The van der Waals surface area contributed by atoms with Crippen molar-refractivity contribution in [1.29, 1.82) is 0 Å². The van der Waals surface area contributed by atoms with E-state index in [-0.39, 0.29) is 40.6 Å². The van der Waals surface area contributed by atoms with Crippen LogP contribution in [0.25, 0.3) is 0 Å². The molecule has 0 aliphatic heterocycles. The van der Waals surface area contributed by atoms with Crippen LogP contribution in [0.2, 0.25) is 0 Å². The zero-order valence-electron chi connectivity index (χ0n) is 40.6. The molecule has 0 heterocycles. The molecule has 0 unspecified atom stereocenters. The average Bonchev–Trinajstić information content (AvgIpc) is 3.23. The molecule has 0 bridgehead atoms. The molecule has 0 saturated heterocycles. The van der Waals surface area contributed by atoms with E-state index in [1.807, 2.05) is 26.8 Å². The van der Waals surface area contributed by atoms with Gasteiger partial charge in [-0.15, -0.1) is 3.71 Å². The van der Waals surface area contributed by atoms with Crippen molar-refractivity contribution in [3.63, 3.8) is 0 Å². The minimum Gasteiger partial charge on any atom is -0.508 e. The number of halogens is 9. The fourth-order valence-corrected chi connectivity index (χ4v) is 10.9. The summed E-state index contributed by atoms with van der Waals surface area (Å²) in [6, 6.07) is 7.86. The van der Waals surface area contributed by atoms with Gasteiger partial charge in [0.25, 0.3) is 0 Å². The largest absolute Gasteiger partial charge is 0.534 e. The fourth-order valence-electron chi connectivity index (χ4n) is 7.74. The number of allylic oxidation sites excluding steroid dienone is 6. The van der Waals surface area contributed by atoms with Gasteiger partial charge in [0, 0.05) is 47.2 Å². The van der Waals surface area contributed by atoms with Crippen molar-refractivity contribution in [2.75, 3.05) is 23.3 Å². The second-order valence-corrected chi connectivity index (χ2v) is 22.2. The molecule has 26 heteroatoms. The molecule has 5 N–H and O–H groups in total. The van der Waals surface area contributed by atoms with Gasteiger partial charge >= 0.3 is 46.7 Å². The number of phenols is 5. The van der Waals surface area contributed by atoms with Crippen LogP contribution in [-0.4, -0.2) is 91.8 Å². The van der Waals surface area contributed by atoms with Gasteiger partial charge in [-0.25, -0.2) is 0 Å². The van der Waals surface area contributed by atoms with E-state index in [9.17, 15) is 90.3 Å². The van der Waals surface area contributed by atoms with Crippen LogP contribution in [0.5, 0.6) is 34.5 Å². The molecular weight excluding hydrogens is 1050 g/mol. The van der Waals surface area contributed by atoms with Gasteiger partial charge in [-0.1, -0.05) is 86.6 Å². The van der Waals surface area contributed by atoms with Crippen molar-refractivity contribution < 1.29 is 94.5 Å². The molecule has 410 valence electrons. The molecule has 0 saturated carbocycles. The Bertz CT molecular complexity index is 2720. The molecule has 0 radical (unpaired) electrons. The summed E-state index contributed by atoms with van der Waals surface area (Å²) < 4.78 is 181. The Kier molecular flexibility index (Phi) is 21.8. The molecular formula is C47H59F9N2O12S3. The van der Waals surface area contributed by atoms with E-state index in [0.717, 1.165) is 72.7 Å². The summed E-state index contributed by atoms with van der Waals surface area (Å²) in [4.78, 5) is 2.38. The maximum atomic E-state index is 12.4. The second-order valence-electron chi connectivity index (χ2n) is 16.9. The highest BCUT2D eigenvalue weighted by atomic mass is 32.3. The highest BCUT2D eigenvalue weighted by molar-refractivity contribution is 8.11. The van der Waals surface area contributed by atoms with Gasteiger partial charge in [-0.2, -0.15) is 64.8 Å². The lowest BCUT2D eigenvalue weighted by Crippen LogP contribution is -2.49. The average molecular weight is 1110 g/mol. The van der Waals surface area contributed by atoms with Crippen molar-refractivity contribution in [3.8, 4) is 34.5 Å². The predicted molar refractivity (Wildman–Crippen MR) is 257 cm³/mol. The first-order valence-corrected chi connectivity index (χ1v) is 26.3. The van der Waals surface area contributed by atoms with Crippen LogP contribution in [0.1, 0.15) is 97.1 Å². The fraction of sp³-hybridized carbons (Fsp3) is 0.447. The van der Waals surface area contributed by atoms with Gasteiger partial charge in [0.05, 0.1) is 5.69 Å². The lowest BCUT2D eigenvalue weighted by molar-refractivity contribution is -0.0501. The number of sulfonamides is 2. The molecule has 2 aliphatic rings. The van der Waals surface area contributed by atoms with Crippen molar-refractivity contribution in [2.45, 2.75) is 103 Å². The molecule has 4 atom stereocenters. The minimum absolute atomic E-state index is 0.0697. The maximum Gasteiger partial charge on any atom is 0.534 e. The Hall–Kier alpha value is -5.60. The third kappa shape index (κ3) is 16.2. The molecule has 73 heavy (non-hydrogen) atoms. The van der Waals surface area contributed by atoms with Gasteiger partial charge < -0.3 is 34.6 Å². The maximum absolute atomic E-state index is 12.4. The number of para-hydroxylation sites is 1. The van der Waals surface area contributed by atoms with Gasteiger partial charge in [0.15, 0.2) is 0 Å². The van der Waals surface area contributed by atoms with Crippen LogP contribution in [0.4, 0.5) is 45.2 Å². The highest BCUT2D eigenvalue weighted by Crippen LogP contribution is 2.49. The molecule has 0 amide bonds. The topological polar surface area (TPSA) is 219 Å². The summed E-state index contributed by atoms with van der Waals surface area (Å²) in [5.41, 5.74) is -14.7. The standard InChI is InChI=1S/C17H19F3O5S.C16H20O3.C8H5F6NO4S2.C6H15N/c1-9(2)12-5-4-10(3)6-13(12)16-14(21)7-11(8-15(16)22)25-26(23,24)17(18,19)20;1-9(2)12-5-4-10(3)6-13(12)16-14(18)7-11(17)8-15(16)19;9-7(10,11)20(16,17)15(6-4-2-1-3-5-6)21(18,19)8(12,13)14;1-4-7(5-2)6-3/h6-8,12-13,21-22H,1,4-5H2,2-3H3;6-8,12-13,17-19H,1,4-5H2,2-3H3;1-5H;4-6H2,1-3H3/t2*12-,13-;;/m11../s1. The first-order valence-electron chi connectivity index (χ1n) is 22.0. The van der Waals surface area contributed by atoms with Gasteiger partial charge in [-0.05, 0) is 97.0 Å². The van der Waals surface area contributed by atoms with E-state index in [1.54, 1.807) is 0 Å². The SMILES string of the molecule is C=C(C)[C@H]1CCC(C)=C[C@H]1c1c(O)cc(O)cc1O.C=C(C)[C@H]1CCC(C)=C[C@H]1c1c(O)cc(OS(=O)(=O)C(F)(F)F)cc1O.CCN(CC)CC.O=S(=O)(N(c1ccccc1)S(=O)(=O)C(F)(F)F)C(F)(F)F. The number of benzene rings is 3. The summed E-state index contributed by atoms with van der Waals surface area (Å²) >= 11 is 0. The van der Waals surface area contributed by atoms with Crippen LogP contribution in [-0.2, 0) is 30.2 Å². The molecule has 3 aromatic rings. The summed E-state index contributed by atoms with van der Waals surface area (Å²) in [5, 5.41) is 49.9. The van der Waals surface area contributed by atoms with E-state index in [0.29, 0.717) is 17.7 Å². The number of phenolic OH excluding ortho intramolecular Hbond substituents is 5. The Morgan fingerprint density at radius 3 is 1.23 bits per heavy atom. The first kappa shape index (κ1) is 63.5. The van der Waals surface area contributed by atoms with Gasteiger partial charge in [0.1, 0.15) is 34.5 Å². The Morgan fingerprint density at radius 1 is 0.603 bits per heavy atom. The molecule has 3 aromatic carbocycles. The van der Waals surface area contributed by atoms with Crippen LogP contribution in [0, 0.1) is 11.8 Å². The zero-order chi connectivity index (χ0) is 56.4. The predicted octanol–water partition coefficient (Wildman–Crippen LogP) is 11.7. The number of anilines is 1. The van der Waals surface area contributed by atoms with Crippen LogP contribution >= 0.6 is 0 Å². The van der Waals surface area contributed by atoms with Crippen LogP contribution < -0.4 is 7.89 Å². The quantitative estimate of drug-likeness (QED) is 0.0494. The molecule has 0 fully saturated rings. The van der Waals surface area contributed by atoms with Gasteiger partial charge in [0.2, 0.25) is 0 Å². The first-order chi connectivity index (χ1) is 33.3. The Morgan fingerprint density at radius 2 is 0.945 bits per heavy atom. The monoisotopic (exact) mass is 1110 g/mol. The lowest BCUT2D eigenvalue weighted by atomic mass is 9.74. The summed E-state index contributed by atoms with van der Waals surface area (Å²) in [5.74, 6) is -2.63. The number of rotatable bonds is 12. The number of alkyl halides is 9. The number of hydrogen-bond donors (Lipinski definition) is 5. The number of hydrogen-bond acceptors (Lipinski definition) is 13. The summed E-state index contributed by atoms with van der Waals surface area (Å²) in [7, 11) is -19.5. The molecule has 5 rings (SSSR count). The number of nitrogens with zero attached hydrogens (tertiary/aromatic N) is 2. The van der Waals surface area contributed by atoms with Gasteiger partial charge in [-0.3, -0.25) is 0 Å². The lowest BCUT2D eigenvalue weighted by Gasteiger charge is -2.31. The van der Waals surface area contributed by atoms with Crippen molar-refractivity contribution in [2.24, 2.45) is 11.8 Å². The van der Waals surface area contributed by atoms with E-state index in [4.69, 9.17) is 0 Å². The Balaban J connectivity index is 0.000000355. The van der Waals surface area contributed by atoms with Crippen molar-refractivity contribution >= 4 is 35.9 Å². The molecule has 0 spiro atoms. The Labute approximate surface area is 419 Å². The minimum atomic E-state index is -6.81. The normalized spacial score (nSPS) is 18.5. The highest BCUT2D eigenvalue weighted by Gasteiger charge is 2.61. The van der Waals surface area contributed by atoms with Crippen LogP contribution in [0.15, 0.2) is 102 Å². The second kappa shape index (κ2) is 25.1. The molecule has 2 aliphatic carbocycles. The third-order valence-electron chi connectivity index (χ3n) is 11.5. The van der Waals surface area contributed by atoms with E-state index >= 15 is 0 Å². The smallest absolute Gasteiger partial charge is 0.508 e. The zero-order valence-corrected chi connectivity index (χ0v) is 43.1. The van der Waals surface area contributed by atoms with Crippen LogP contribution in [0.3, 0.4) is 0 Å².